The average Bonchev–Trinajstić information content (AvgIpc) is 3.02. The second-order valence-electron chi connectivity index (χ2n) is 6.85. The first-order valence-electron chi connectivity index (χ1n) is 8.37. The predicted octanol–water partition coefficient (Wildman–Crippen LogP) is 3.64. The molecule has 3 heterocycles. The summed E-state index contributed by atoms with van der Waals surface area (Å²) in [7, 11) is 0. The van der Waals surface area contributed by atoms with Crippen molar-refractivity contribution in [2.24, 2.45) is 0 Å². The second kappa shape index (κ2) is 5.51. The topological polar surface area (TPSA) is 72.4 Å². The first-order chi connectivity index (χ1) is 11.1. The van der Waals surface area contributed by atoms with Crippen LogP contribution < -0.4 is 0 Å². The van der Waals surface area contributed by atoms with E-state index in [1.165, 1.54) is 0 Å². The Kier molecular flexibility index (Phi) is 3.47. The Morgan fingerprint density at radius 3 is 2.65 bits per heavy atom. The molecule has 1 aliphatic carbocycles. The van der Waals surface area contributed by atoms with Crippen molar-refractivity contribution in [3.8, 4) is 0 Å². The Hall–Kier alpha value is -2.11. The highest BCUT2D eigenvalue weighted by Gasteiger charge is 2.36. The van der Waals surface area contributed by atoms with Crippen LogP contribution in [0.2, 0.25) is 0 Å². The molecule has 0 radical (unpaired) electrons. The van der Waals surface area contributed by atoms with Crippen molar-refractivity contribution in [3.05, 3.63) is 35.0 Å². The molecule has 1 saturated heterocycles. The van der Waals surface area contributed by atoms with Crippen LogP contribution >= 0.6 is 0 Å². The van der Waals surface area contributed by atoms with E-state index < -0.39 is 0 Å². The van der Waals surface area contributed by atoms with E-state index in [1.54, 1.807) is 6.07 Å². The minimum absolute atomic E-state index is 0.0522. The highest BCUT2D eigenvalue weighted by Crippen LogP contribution is 2.40. The molecule has 0 bridgehead atoms. The van der Waals surface area contributed by atoms with E-state index in [1.807, 2.05) is 11.0 Å². The number of rotatable bonds is 4. The standard InChI is InChI=1S/C17H21N3O3/c1-10(2)12-8-16(23-18-12)14-4-3-7-20(14)17(21)13-9-15(22-19-13)11-5-6-11/h8-11,14H,3-7H2,1-2H3. The maximum absolute atomic E-state index is 12.8. The van der Waals surface area contributed by atoms with Crippen molar-refractivity contribution in [2.75, 3.05) is 6.54 Å². The summed E-state index contributed by atoms with van der Waals surface area (Å²) in [6.07, 6.45) is 4.11. The molecule has 0 aromatic carbocycles. The number of amides is 1. The molecule has 1 aliphatic heterocycles. The summed E-state index contributed by atoms with van der Waals surface area (Å²) in [5.74, 6) is 2.30. The third-order valence-corrected chi connectivity index (χ3v) is 4.71. The van der Waals surface area contributed by atoms with E-state index in [9.17, 15) is 4.79 Å². The van der Waals surface area contributed by atoms with E-state index >= 15 is 0 Å². The minimum Gasteiger partial charge on any atom is -0.360 e. The molecule has 1 saturated carbocycles. The molecule has 1 amide bonds. The lowest BCUT2D eigenvalue weighted by molar-refractivity contribution is 0.0704. The van der Waals surface area contributed by atoms with Gasteiger partial charge in [-0.15, -0.1) is 0 Å². The maximum atomic E-state index is 12.8. The van der Waals surface area contributed by atoms with Gasteiger partial charge in [0.05, 0.1) is 11.7 Å². The number of carbonyl (C=O) groups is 1. The van der Waals surface area contributed by atoms with Crippen LogP contribution in [0.1, 0.15) is 85.1 Å². The summed E-state index contributed by atoms with van der Waals surface area (Å²) in [4.78, 5) is 14.6. The molecule has 2 aromatic heterocycles. The molecular formula is C17H21N3O3. The van der Waals surface area contributed by atoms with Gasteiger partial charge < -0.3 is 13.9 Å². The van der Waals surface area contributed by atoms with Crippen LogP contribution in [0.3, 0.4) is 0 Å². The van der Waals surface area contributed by atoms with Gasteiger partial charge in [-0.05, 0) is 31.6 Å². The fourth-order valence-electron chi connectivity index (χ4n) is 3.14. The largest absolute Gasteiger partial charge is 0.360 e. The fraction of sp³-hybridized carbons (Fsp3) is 0.588. The lowest BCUT2D eigenvalue weighted by Crippen LogP contribution is -2.30. The third kappa shape index (κ3) is 2.66. The molecule has 4 rings (SSSR count). The van der Waals surface area contributed by atoms with Crippen LogP contribution in [-0.4, -0.2) is 27.7 Å². The van der Waals surface area contributed by atoms with Gasteiger partial charge in [-0.1, -0.05) is 24.2 Å². The smallest absolute Gasteiger partial charge is 0.276 e. The van der Waals surface area contributed by atoms with E-state index in [0.717, 1.165) is 42.9 Å². The Bertz CT molecular complexity index is 714. The molecule has 6 nitrogen and oxygen atoms in total. The number of hydrogen-bond acceptors (Lipinski definition) is 5. The van der Waals surface area contributed by atoms with Gasteiger partial charge in [0, 0.05) is 24.6 Å². The van der Waals surface area contributed by atoms with Crippen LogP contribution in [-0.2, 0) is 0 Å². The van der Waals surface area contributed by atoms with E-state index in [4.69, 9.17) is 9.05 Å². The Labute approximate surface area is 134 Å². The van der Waals surface area contributed by atoms with Gasteiger partial charge in [0.1, 0.15) is 5.76 Å². The number of likely N-dealkylation sites (tertiary alicyclic amines) is 1. The molecule has 6 heteroatoms. The number of hydrogen-bond donors (Lipinski definition) is 0. The summed E-state index contributed by atoms with van der Waals surface area (Å²) in [5.41, 5.74) is 1.33. The molecule has 0 spiro atoms. The SMILES string of the molecule is CC(C)c1cc(C2CCCN2C(=O)c2cc(C3CC3)on2)on1. The third-order valence-electron chi connectivity index (χ3n) is 4.71. The normalized spacial score (nSPS) is 21.3. The zero-order chi connectivity index (χ0) is 16.0. The zero-order valence-corrected chi connectivity index (χ0v) is 13.5. The van der Waals surface area contributed by atoms with Gasteiger partial charge in [0.15, 0.2) is 11.5 Å². The molecule has 1 unspecified atom stereocenters. The first kappa shape index (κ1) is 14.5. The number of aromatic nitrogens is 2. The quantitative estimate of drug-likeness (QED) is 0.861. The molecule has 2 aliphatic rings. The van der Waals surface area contributed by atoms with Gasteiger partial charge in [-0.2, -0.15) is 0 Å². The van der Waals surface area contributed by atoms with E-state index in [2.05, 4.69) is 24.2 Å². The van der Waals surface area contributed by atoms with Gasteiger partial charge in [-0.25, -0.2) is 0 Å². The first-order valence-corrected chi connectivity index (χ1v) is 8.37. The van der Waals surface area contributed by atoms with E-state index in [0.29, 0.717) is 24.1 Å². The van der Waals surface area contributed by atoms with Crippen molar-refractivity contribution in [1.29, 1.82) is 0 Å². The predicted molar refractivity (Wildman–Crippen MR) is 82.1 cm³/mol. The monoisotopic (exact) mass is 315 g/mol. The van der Waals surface area contributed by atoms with Crippen LogP contribution in [0.5, 0.6) is 0 Å². The van der Waals surface area contributed by atoms with E-state index in [-0.39, 0.29) is 11.9 Å². The summed E-state index contributed by atoms with van der Waals surface area (Å²) >= 11 is 0. The average molecular weight is 315 g/mol. The highest BCUT2D eigenvalue weighted by atomic mass is 16.5. The van der Waals surface area contributed by atoms with Crippen molar-refractivity contribution in [1.82, 2.24) is 15.2 Å². The molecule has 2 aromatic rings. The number of nitrogens with zero attached hydrogens (tertiary/aromatic N) is 3. The fourth-order valence-corrected chi connectivity index (χ4v) is 3.14. The summed E-state index contributed by atoms with van der Waals surface area (Å²) < 4.78 is 10.8. The Morgan fingerprint density at radius 2 is 1.96 bits per heavy atom. The van der Waals surface area contributed by atoms with Crippen molar-refractivity contribution >= 4 is 5.91 Å². The second-order valence-corrected chi connectivity index (χ2v) is 6.85. The Balaban J connectivity index is 1.54. The zero-order valence-electron chi connectivity index (χ0n) is 13.5. The van der Waals surface area contributed by atoms with Crippen molar-refractivity contribution in [2.45, 2.75) is 57.4 Å². The molecular weight excluding hydrogens is 294 g/mol. The maximum Gasteiger partial charge on any atom is 0.276 e. The molecule has 23 heavy (non-hydrogen) atoms. The van der Waals surface area contributed by atoms with Crippen LogP contribution in [0.4, 0.5) is 0 Å². The van der Waals surface area contributed by atoms with Crippen molar-refractivity contribution in [3.63, 3.8) is 0 Å². The Morgan fingerprint density at radius 1 is 1.17 bits per heavy atom. The highest BCUT2D eigenvalue weighted by molar-refractivity contribution is 5.92. The lowest BCUT2D eigenvalue weighted by atomic mass is 10.1. The lowest BCUT2D eigenvalue weighted by Gasteiger charge is -2.21. The van der Waals surface area contributed by atoms with Gasteiger partial charge in [0.2, 0.25) is 0 Å². The molecule has 1 atom stereocenters. The van der Waals surface area contributed by atoms with Gasteiger partial charge >= 0.3 is 0 Å². The van der Waals surface area contributed by atoms with Crippen LogP contribution in [0.15, 0.2) is 21.2 Å². The molecule has 122 valence electrons. The van der Waals surface area contributed by atoms with Gasteiger partial charge in [-0.3, -0.25) is 4.79 Å². The summed E-state index contributed by atoms with van der Waals surface area (Å²) in [6.45, 7) is 4.87. The van der Waals surface area contributed by atoms with Crippen LogP contribution in [0, 0.1) is 0 Å². The summed E-state index contributed by atoms with van der Waals surface area (Å²) in [6, 6.07) is 3.72. The van der Waals surface area contributed by atoms with Crippen molar-refractivity contribution < 1.29 is 13.8 Å². The minimum atomic E-state index is -0.0781. The van der Waals surface area contributed by atoms with Crippen LogP contribution in [0.25, 0.3) is 0 Å². The van der Waals surface area contributed by atoms with Gasteiger partial charge in [0.25, 0.3) is 5.91 Å². The molecule has 2 fully saturated rings. The summed E-state index contributed by atoms with van der Waals surface area (Å²) in [5, 5.41) is 8.09. The number of carbonyl (C=O) groups excluding carboxylic acids is 1. The molecule has 0 N–H and O–H groups in total.